The summed E-state index contributed by atoms with van der Waals surface area (Å²) in [5.41, 5.74) is 6.10. The Balaban J connectivity index is 1.93. The van der Waals surface area contributed by atoms with Crippen molar-refractivity contribution < 1.29 is 84.3 Å². The summed E-state index contributed by atoms with van der Waals surface area (Å²) >= 11 is 0. The zero-order chi connectivity index (χ0) is 52.0. The monoisotopic (exact) mass is 990 g/mol. The topological polar surface area (TPSA) is 309 Å². The van der Waals surface area contributed by atoms with Gasteiger partial charge in [-0.05, 0) is 33.1 Å². The molecule has 3 rings (SSSR count). The van der Waals surface area contributed by atoms with Crippen LogP contribution in [0.1, 0.15) is 79.1 Å². The lowest BCUT2D eigenvalue weighted by molar-refractivity contribution is -0.306. The maximum Gasteiger partial charge on any atom is 0.330 e. The van der Waals surface area contributed by atoms with Crippen LogP contribution in [-0.4, -0.2) is 167 Å². The number of fused-ring (bicyclic) bond motifs is 2. The van der Waals surface area contributed by atoms with Gasteiger partial charge in [0.2, 0.25) is 0 Å². The molecule has 0 aromatic heterocycles. The Morgan fingerprint density at radius 2 is 1.33 bits per heavy atom. The first-order valence-electron chi connectivity index (χ1n) is 24.1. The Hall–Kier alpha value is -3.96. The molecule has 0 radical (unpaired) electrons. The van der Waals surface area contributed by atoms with Crippen molar-refractivity contribution in [2.45, 2.75) is 177 Å². The van der Waals surface area contributed by atoms with Crippen molar-refractivity contribution >= 4 is 11.9 Å². The molecule has 0 saturated carbocycles. The van der Waals surface area contributed by atoms with E-state index in [1.54, 1.807) is 69.4 Å². The fourth-order valence-corrected chi connectivity index (χ4v) is 8.30. The lowest BCUT2D eigenvalue weighted by Crippen LogP contribution is -2.61. The molecule has 18 nitrogen and oxygen atoms in total. The summed E-state index contributed by atoms with van der Waals surface area (Å²) in [5.74, 6) is -5.40. The van der Waals surface area contributed by atoms with Gasteiger partial charge in [0.1, 0.15) is 18.8 Å². The quantitative estimate of drug-likeness (QED) is 0.103. The van der Waals surface area contributed by atoms with E-state index in [1.807, 2.05) is 43.4 Å². The lowest BCUT2D eigenvalue weighted by Gasteiger charge is -2.46. The van der Waals surface area contributed by atoms with Gasteiger partial charge in [-0.15, -0.1) is 0 Å². The molecule has 0 spiro atoms. The van der Waals surface area contributed by atoms with E-state index >= 15 is 0 Å². The van der Waals surface area contributed by atoms with E-state index in [9.17, 15) is 60.7 Å². The van der Waals surface area contributed by atoms with Gasteiger partial charge in [0.15, 0.2) is 12.1 Å². The molecule has 19 atom stereocenters. The number of carbonyl (C=O) groups excluding carboxylic acids is 2. The summed E-state index contributed by atoms with van der Waals surface area (Å²) in [5, 5.41) is 110. The number of carbonyl (C=O) groups is 2. The highest BCUT2D eigenvalue weighted by Crippen LogP contribution is 2.38. The zero-order valence-corrected chi connectivity index (χ0v) is 40.7. The van der Waals surface area contributed by atoms with E-state index in [4.69, 9.17) is 29.4 Å². The van der Waals surface area contributed by atoms with Gasteiger partial charge < -0.3 is 80.5 Å². The molecular formula is C52H79NO17. The first-order valence-corrected chi connectivity index (χ1v) is 24.1. The van der Waals surface area contributed by atoms with Crippen LogP contribution in [0.4, 0.5) is 0 Å². The number of hydrogen-bond acceptors (Lipinski definition) is 18. The van der Waals surface area contributed by atoms with E-state index in [1.165, 1.54) is 12.2 Å². The summed E-state index contributed by atoms with van der Waals surface area (Å²) in [6.07, 6.45) is 9.19. The first kappa shape index (κ1) is 60.3. The third-order valence-electron chi connectivity index (χ3n) is 12.6. The van der Waals surface area contributed by atoms with Crippen molar-refractivity contribution in [3.63, 3.8) is 0 Å². The molecule has 394 valence electrons. The average molecular weight is 990 g/mol. The highest BCUT2D eigenvalue weighted by Gasteiger charge is 2.48. The van der Waals surface area contributed by atoms with Crippen molar-refractivity contribution in [2.75, 3.05) is 6.61 Å². The molecule has 3 aliphatic heterocycles. The Morgan fingerprint density at radius 1 is 0.729 bits per heavy atom. The van der Waals surface area contributed by atoms with Gasteiger partial charge in [-0.3, -0.25) is 4.79 Å². The minimum atomic E-state index is -2.23. The Kier molecular flexibility index (Phi) is 26.6. The van der Waals surface area contributed by atoms with Gasteiger partial charge in [-0.25, -0.2) is 4.79 Å². The molecule has 70 heavy (non-hydrogen) atoms. The van der Waals surface area contributed by atoms with Crippen molar-refractivity contribution in [2.24, 2.45) is 23.5 Å². The average Bonchev–Trinajstić information content (AvgIpc) is 3.29. The van der Waals surface area contributed by atoms with Gasteiger partial charge in [0.05, 0.1) is 79.6 Å². The van der Waals surface area contributed by atoms with E-state index in [0.717, 1.165) is 6.08 Å². The second-order valence-electron chi connectivity index (χ2n) is 18.6. The second-order valence-corrected chi connectivity index (χ2v) is 18.6. The van der Waals surface area contributed by atoms with Crippen molar-refractivity contribution in [3.8, 4) is 0 Å². The molecule has 0 aromatic rings. The molecule has 3 aliphatic rings. The molecular weight excluding hydrogens is 911 g/mol. The third-order valence-corrected chi connectivity index (χ3v) is 12.6. The molecule has 2 bridgehead atoms. The highest BCUT2D eigenvalue weighted by molar-refractivity contribution is 5.82. The number of nitrogens with two attached hydrogens (primary N) is 1. The van der Waals surface area contributed by atoms with Gasteiger partial charge in [0.25, 0.3) is 0 Å². The largest absolute Gasteiger partial charge is 0.462 e. The van der Waals surface area contributed by atoms with Crippen molar-refractivity contribution in [1.82, 2.24) is 0 Å². The fourth-order valence-electron chi connectivity index (χ4n) is 8.30. The van der Waals surface area contributed by atoms with Crippen LogP contribution in [0, 0.1) is 17.8 Å². The van der Waals surface area contributed by atoms with E-state index < -0.39 is 147 Å². The van der Waals surface area contributed by atoms with Gasteiger partial charge in [-0.1, -0.05) is 118 Å². The molecule has 0 aromatic carbocycles. The minimum absolute atomic E-state index is 0.0759. The van der Waals surface area contributed by atoms with Crippen LogP contribution >= 0.6 is 0 Å². The number of ether oxygens (including phenoxy) is 5. The fraction of sp³-hybridized carbons (Fsp3) is 0.615. The van der Waals surface area contributed by atoms with Crippen LogP contribution < -0.4 is 5.73 Å². The van der Waals surface area contributed by atoms with Crippen molar-refractivity contribution in [1.29, 1.82) is 0 Å². The highest BCUT2D eigenvalue weighted by atomic mass is 16.7. The molecule has 2 saturated heterocycles. The number of rotatable bonds is 6. The molecule has 2 fully saturated rings. The Labute approximate surface area is 411 Å². The van der Waals surface area contributed by atoms with Gasteiger partial charge >= 0.3 is 11.9 Å². The Bertz CT molecular complexity index is 1830. The normalized spacial score (nSPS) is 43.1. The predicted molar refractivity (Wildman–Crippen MR) is 260 cm³/mol. The summed E-state index contributed by atoms with van der Waals surface area (Å²) in [6, 6.07) is -1.12. The van der Waals surface area contributed by atoms with Crippen LogP contribution in [0.15, 0.2) is 110 Å². The number of aliphatic hydroxyl groups excluding tert-OH is 9. The van der Waals surface area contributed by atoms with Gasteiger partial charge in [-0.2, -0.15) is 0 Å². The number of hydrogen-bond donors (Lipinski definition) is 11. The van der Waals surface area contributed by atoms with E-state index in [0.29, 0.717) is 0 Å². The number of esters is 2. The van der Waals surface area contributed by atoms with Crippen LogP contribution in [-0.2, 0) is 33.3 Å². The van der Waals surface area contributed by atoms with E-state index in [2.05, 4.69) is 6.58 Å². The van der Waals surface area contributed by atoms with Crippen LogP contribution in [0.5, 0.6) is 0 Å². The number of aliphatic hydroxyl groups is 10. The standard InChI is InChI=1S/C52H79NO17/c1-6-25-66-45(60)24-22-40-43(59)31-52(65)30-38(56)27-42(58)41(57)23-21-36(54)26-37(55)28-46(61)67-34(4)33(3)48(62)32(2)19-17-15-13-11-9-7-8-10-12-14-16-18-20-39(29-44(40)70-52)69-51-50(64)47(53)49(63)35(5)68-51/h6-20,22,24,32-44,47-51,54-59,62-65H,1,21,23,25-31,53H2,2-5H3/b8-7+,11-9+,12-10+,15-13+,16-14+,19-17-,20-18+,24-22+/t32-,33-,34-,35+,36+,37+,38-,39-,40+,41+,42+,43-,44-,47-,48+,49+,50-,51-,52+/m0/s1. The van der Waals surface area contributed by atoms with Crippen LogP contribution in [0.2, 0.25) is 0 Å². The zero-order valence-electron chi connectivity index (χ0n) is 40.7. The van der Waals surface area contributed by atoms with Crippen molar-refractivity contribution in [3.05, 3.63) is 110 Å². The maximum absolute atomic E-state index is 12.7. The molecule has 0 unspecified atom stereocenters. The summed E-state index contributed by atoms with van der Waals surface area (Å²) < 4.78 is 28.8. The Morgan fingerprint density at radius 3 is 1.94 bits per heavy atom. The lowest BCUT2D eigenvalue weighted by atomic mass is 9.82. The first-order chi connectivity index (χ1) is 33.1. The molecule has 0 amide bonds. The molecule has 18 heteroatoms. The molecule has 12 N–H and O–H groups in total. The SMILES string of the molecule is C=CCOC(=O)/C=C/[C@H]1[C@@H]2C[C@@H](O[C@@H]3O[C@H](C)[C@@H](O)[C@H](N)[C@@H]3O)/C=C/C=C/C=C/C=C/C=C/C=C/C=C\[C@H](C)[C@@H](O)[C@@H](C)[C@H](C)OC(=O)C[C@H](O)C[C@H](O)CC[C@@H](O)[C@H](O)C[C@H](O)C[C@](O)(C[C@@H]1O)O2. The molecule has 0 aliphatic carbocycles. The summed E-state index contributed by atoms with van der Waals surface area (Å²) in [4.78, 5) is 25.2. The smallest absolute Gasteiger partial charge is 0.330 e. The summed E-state index contributed by atoms with van der Waals surface area (Å²) in [7, 11) is 0. The van der Waals surface area contributed by atoms with Crippen LogP contribution in [0.3, 0.4) is 0 Å². The number of cyclic esters (lactones) is 1. The third kappa shape index (κ3) is 21.0. The summed E-state index contributed by atoms with van der Waals surface area (Å²) in [6.45, 7) is 10.2. The maximum atomic E-state index is 12.7. The van der Waals surface area contributed by atoms with E-state index in [-0.39, 0.29) is 38.2 Å². The second kappa shape index (κ2) is 30.8. The predicted octanol–water partition coefficient (Wildman–Crippen LogP) is 1.91. The number of allylic oxidation sites excluding steroid dienone is 12. The van der Waals surface area contributed by atoms with Gasteiger partial charge in [0, 0.05) is 49.5 Å². The van der Waals surface area contributed by atoms with Crippen LogP contribution in [0.25, 0.3) is 0 Å². The minimum Gasteiger partial charge on any atom is -0.462 e. The molecule has 3 heterocycles.